The molecule has 1 aliphatic carbocycles. The van der Waals surface area contributed by atoms with E-state index in [1.165, 1.54) is 29.0 Å². The van der Waals surface area contributed by atoms with Crippen molar-refractivity contribution in [2.75, 3.05) is 32.7 Å². The normalized spacial score (nSPS) is 24.5. The molecule has 3 heterocycles. The van der Waals surface area contributed by atoms with Crippen molar-refractivity contribution in [3.8, 4) is 0 Å². The average molecular weight is 447 g/mol. The topological polar surface area (TPSA) is 40.5 Å². The zero-order valence-electron chi connectivity index (χ0n) is 20.2. The Morgan fingerprint density at radius 2 is 2.12 bits per heavy atom. The number of fused-ring (bicyclic) bond motifs is 1. The highest BCUT2D eigenvalue weighted by molar-refractivity contribution is 5.79. The maximum atomic E-state index is 12.2. The van der Waals surface area contributed by atoms with Gasteiger partial charge in [0.05, 0.1) is 6.54 Å². The highest BCUT2D eigenvalue weighted by Crippen LogP contribution is 2.30. The van der Waals surface area contributed by atoms with Crippen LogP contribution in [0.25, 0.3) is 12.2 Å². The molecule has 1 unspecified atom stereocenters. The average Bonchev–Trinajstić information content (AvgIpc) is 3.37. The second-order valence-corrected chi connectivity index (χ2v) is 9.88. The van der Waals surface area contributed by atoms with Gasteiger partial charge in [0, 0.05) is 54.9 Å². The number of carbonyl (C=O) groups excluding carboxylic acids is 1. The van der Waals surface area contributed by atoms with Gasteiger partial charge in [-0.1, -0.05) is 56.5 Å². The molecule has 2 aliphatic heterocycles. The van der Waals surface area contributed by atoms with Crippen molar-refractivity contribution in [1.29, 1.82) is 0 Å². The molecule has 176 valence electrons. The molecular formula is C28H38N4O. The lowest BCUT2D eigenvalue weighted by molar-refractivity contribution is 0.187. The molecule has 2 fully saturated rings. The van der Waals surface area contributed by atoms with Crippen molar-refractivity contribution in [3.05, 3.63) is 71.6 Å². The number of hydrogen-bond acceptors (Lipinski definition) is 2. The minimum atomic E-state index is -0.0885. The summed E-state index contributed by atoms with van der Waals surface area (Å²) < 4.78 is 2.49. The van der Waals surface area contributed by atoms with Gasteiger partial charge in [-0.05, 0) is 49.5 Å². The van der Waals surface area contributed by atoms with E-state index in [2.05, 4.69) is 77.5 Å². The van der Waals surface area contributed by atoms with Gasteiger partial charge in [0.2, 0.25) is 0 Å². The molecule has 0 spiro atoms. The van der Waals surface area contributed by atoms with Crippen LogP contribution in [0.4, 0.5) is 4.79 Å². The van der Waals surface area contributed by atoms with E-state index in [-0.39, 0.29) is 11.4 Å². The summed E-state index contributed by atoms with van der Waals surface area (Å²) in [6.45, 7) is 16.9. The summed E-state index contributed by atoms with van der Waals surface area (Å²) >= 11 is 0. The first-order chi connectivity index (χ1) is 15.9. The number of nitrogens with one attached hydrogen (secondary N) is 1. The number of allylic oxidation sites excluding steroid dienone is 4. The second-order valence-electron chi connectivity index (χ2n) is 9.88. The van der Waals surface area contributed by atoms with E-state index < -0.39 is 0 Å². The fourth-order valence-electron chi connectivity index (χ4n) is 5.21. The summed E-state index contributed by atoms with van der Waals surface area (Å²) in [5, 5.41) is 5.52. The van der Waals surface area contributed by atoms with Gasteiger partial charge in [0.1, 0.15) is 0 Å². The van der Waals surface area contributed by atoms with Gasteiger partial charge < -0.3 is 14.8 Å². The Balaban J connectivity index is 1.42. The monoisotopic (exact) mass is 446 g/mol. The summed E-state index contributed by atoms with van der Waals surface area (Å²) in [5.41, 5.74) is 2.08. The highest BCUT2D eigenvalue weighted by atomic mass is 16.2. The summed E-state index contributed by atoms with van der Waals surface area (Å²) in [6.07, 6.45) is 19.6. The van der Waals surface area contributed by atoms with E-state index >= 15 is 0 Å². The van der Waals surface area contributed by atoms with Crippen LogP contribution in [-0.2, 0) is 0 Å². The van der Waals surface area contributed by atoms with E-state index in [4.69, 9.17) is 0 Å². The number of urea groups is 1. The van der Waals surface area contributed by atoms with Crippen molar-refractivity contribution in [2.45, 2.75) is 45.6 Å². The molecule has 2 amide bonds. The molecular weight excluding hydrogens is 408 g/mol. The number of nitrogens with zero attached hydrogens (tertiary/aromatic N) is 3. The molecule has 5 nitrogen and oxygen atoms in total. The SMILES string of the molecule is C=C/C(=C\C=C/C)CCN1CCC(n2ccc3c2=CC(C)(CN2C(=C)CNC2=O)CC=3)CC1. The molecule has 1 N–H and O–H groups in total. The molecule has 0 radical (unpaired) electrons. The molecule has 1 aromatic rings. The number of piperidine rings is 1. The van der Waals surface area contributed by atoms with Crippen molar-refractivity contribution >= 4 is 18.2 Å². The van der Waals surface area contributed by atoms with Gasteiger partial charge in [-0.3, -0.25) is 4.90 Å². The largest absolute Gasteiger partial charge is 0.345 e. The Bertz CT molecular complexity index is 1070. The highest BCUT2D eigenvalue weighted by Gasteiger charge is 2.33. The van der Waals surface area contributed by atoms with E-state index in [0.717, 1.165) is 38.2 Å². The summed E-state index contributed by atoms with van der Waals surface area (Å²) in [7, 11) is 0. The first-order valence-electron chi connectivity index (χ1n) is 12.2. The van der Waals surface area contributed by atoms with Crippen LogP contribution in [0, 0.1) is 5.41 Å². The quantitative estimate of drug-likeness (QED) is 0.619. The number of aromatic nitrogens is 1. The Morgan fingerprint density at radius 1 is 1.33 bits per heavy atom. The zero-order chi connectivity index (χ0) is 23.4. The predicted molar refractivity (Wildman–Crippen MR) is 137 cm³/mol. The van der Waals surface area contributed by atoms with Gasteiger partial charge in [-0.15, -0.1) is 0 Å². The van der Waals surface area contributed by atoms with Crippen LogP contribution in [0.1, 0.15) is 45.6 Å². The van der Waals surface area contributed by atoms with E-state index in [0.29, 0.717) is 19.1 Å². The Hall–Kier alpha value is -2.79. The number of likely N-dealkylation sites (tertiary alicyclic amines) is 1. The zero-order valence-corrected chi connectivity index (χ0v) is 20.2. The van der Waals surface area contributed by atoms with Crippen LogP contribution in [0.5, 0.6) is 0 Å². The number of carbonyl (C=O) groups is 1. The smallest absolute Gasteiger partial charge is 0.322 e. The molecule has 0 saturated carbocycles. The van der Waals surface area contributed by atoms with Crippen LogP contribution in [0.15, 0.2) is 61.0 Å². The van der Waals surface area contributed by atoms with Crippen molar-refractivity contribution in [3.63, 3.8) is 0 Å². The van der Waals surface area contributed by atoms with Crippen molar-refractivity contribution < 1.29 is 4.79 Å². The molecule has 3 aliphatic rings. The first-order valence-corrected chi connectivity index (χ1v) is 12.2. The van der Waals surface area contributed by atoms with E-state index in [9.17, 15) is 4.79 Å². The van der Waals surface area contributed by atoms with Crippen LogP contribution in [0.2, 0.25) is 0 Å². The molecule has 4 rings (SSSR count). The summed E-state index contributed by atoms with van der Waals surface area (Å²) in [6, 6.07) is 2.75. The van der Waals surface area contributed by atoms with E-state index in [1.807, 2.05) is 17.9 Å². The molecule has 0 bridgehead atoms. The standard InChI is InChI=1S/C28H38N4O/c1-5-7-8-23(6-2)10-15-30-16-12-25(13-17-30)31-18-11-24-9-14-28(4,19-26(24)31)21-32-22(3)20-29-27(32)33/h5-9,11,18-19,25H,2-3,10,12-17,20-21H2,1,4H3,(H,29,33)/b7-5-,23-8+. The van der Waals surface area contributed by atoms with Gasteiger partial charge in [-0.25, -0.2) is 4.79 Å². The second kappa shape index (κ2) is 10.0. The molecule has 5 heteroatoms. The molecule has 0 aromatic carbocycles. The lowest BCUT2D eigenvalue weighted by Crippen LogP contribution is -2.44. The van der Waals surface area contributed by atoms with Crippen LogP contribution < -0.4 is 15.9 Å². The number of rotatable bonds is 8. The maximum absolute atomic E-state index is 12.2. The summed E-state index contributed by atoms with van der Waals surface area (Å²) in [5.74, 6) is 0. The van der Waals surface area contributed by atoms with Gasteiger partial charge in [0.15, 0.2) is 0 Å². The summed E-state index contributed by atoms with van der Waals surface area (Å²) in [4.78, 5) is 16.6. The van der Waals surface area contributed by atoms with Crippen LogP contribution >= 0.6 is 0 Å². The fraction of sp³-hybridized carbons (Fsp3) is 0.464. The molecule has 1 atom stereocenters. The molecule has 2 saturated heterocycles. The first kappa shape index (κ1) is 23.4. The van der Waals surface area contributed by atoms with E-state index in [1.54, 1.807) is 0 Å². The number of amides is 2. The third-order valence-corrected chi connectivity index (χ3v) is 7.28. The van der Waals surface area contributed by atoms with Gasteiger partial charge in [0.25, 0.3) is 0 Å². The number of hydrogen-bond donors (Lipinski definition) is 1. The lowest BCUT2D eigenvalue weighted by Gasteiger charge is -2.34. The lowest BCUT2D eigenvalue weighted by atomic mass is 9.83. The molecule has 1 aromatic heterocycles. The third-order valence-electron chi connectivity index (χ3n) is 7.28. The predicted octanol–water partition coefficient (Wildman–Crippen LogP) is 3.71. The Morgan fingerprint density at radius 3 is 2.79 bits per heavy atom. The minimum Gasteiger partial charge on any atom is -0.345 e. The van der Waals surface area contributed by atoms with Gasteiger partial charge >= 0.3 is 6.03 Å². The van der Waals surface area contributed by atoms with Crippen LogP contribution in [-0.4, -0.2) is 53.1 Å². The molecule has 33 heavy (non-hydrogen) atoms. The Labute approximate surface area is 198 Å². The van der Waals surface area contributed by atoms with Crippen molar-refractivity contribution in [2.24, 2.45) is 5.41 Å². The minimum absolute atomic E-state index is 0.0247. The Kier molecular flexibility index (Phi) is 7.08. The maximum Gasteiger partial charge on any atom is 0.322 e. The van der Waals surface area contributed by atoms with Gasteiger partial charge in [-0.2, -0.15) is 0 Å². The van der Waals surface area contributed by atoms with Crippen LogP contribution in [0.3, 0.4) is 0 Å². The fourth-order valence-corrected chi connectivity index (χ4v) is 5.21. The van der Waals surface area contributed by atoms with Crippen molar-refractivity contribution in [1.82, 2.24) is 19.7 Å². The third kappa shape index (κ3) is 5.25.